The summed E-state index contributed by atoms with van der Waals surface area (Å²) in [6, 6.07) is 15.3. The Morgan fingerprint density at radius 2 is 0.944 bits per heavy atom. The minimum absolute atomic E-state index is 0.838. The van der Waals surface area contributed by atoms with E-state index in [4.69, 9.17) is 10.4 Å². The summed E-state index contributed by atoms with van der Waals surface area (Å²) in [4.78, 5) is 0. The van der Waals surface area contributed by atoms with Gasteiger partial charge in [0, 0.05) is 0 Å². The van der Waals surface area contributed by atoms with Gasteiger partial charge in [-0.15, -0.1) is 0 Å². The lowest BCUT2D eigenvalue weighted by molar-refractivity contribution is 0.321. The molecule has 2 aromatic rings. The van der Waals surface area contributed by atoms with E-state index in [-0.39, 0.29) is 0 Å². The van der Waals surface area contributed by atoms with Crippen LogP contribution in [0.5, 0.6) is 0 Å². The van der Waals surface area contributed by atoms with Crippen LogP contribution in [0.1, 0.15) is 11.1 Å². The number of benzene rings is 2. The Morgan fingerprint density at radius 3 is 1.22 bits per heavy atom. The molecule has 2 N–H and O–H groups in total. The van der Waals surface area contributed by atoms with Crippen molar-refractivity contribution in [3.8, 4) is 11.1 Å². The van der Waals surface area contributed by atoms with E-state index in [9.17, 15) is 0 Å². The zero-order valence-electron chi connectivity index (χ0n) is 9.56. The molecule has 0 fully saturated rings. The minimum atomic E-state index is 0.838. The standard InChI is InChI=1S/C14H12N2O2/c17-15-9-11-1-5-13(6-2-11)14-7-3-12(4-8-14)10-16-18/h1-10,17-18H/b15-9+,16-10+. The van der Waals surface area contributed by atoms with Gasteiger partial charge in [-0.3, -0.25) is 0 Å². The second-order valence-electron chi connectivity index (χ2n) is 3.73. The summed E-state index contributed by atoms with van der Waals surface area (Å²) in [6.45, 7) is 0. The molecular formula is C14H12N2O2. The van der Waals surface area contributed by atoms with Crippen molar-refractivity contribution in [3.63, 3.8) is 0 Å². The van der Waals surface area contributed by atoms with Gasteiger partial charge in [-0.25, -0.2) is 0 Å². The Hall–Kier alpha value is -2.62. The van der Waals surface area contributed by atoms with E-state index in [0.29, 0.717) is 0 Å². The molecule has 0 aliphatic carbocycles. The van der Waals surface area contributed by atoms with Crippen LogP contribution >= 0.6 is 0 Å². The van der Waals surface area contributed by atoms with Crippen LogP contribution in [0.15, 0.2) is 58.8 Å². The van der Waals surface area contributed by atoms with E-state index in [1.165, 1.54) is 12.4 Å². The highest BCUT2D eigenvalue weighted by atomic mass is 16.4. The molecule has 90 valence electrons. The first-order valence-electron chi connectivity index (χ1n) is 5.39. The van der Waals surface area contributed by atoms with Crippen molar-refractivity contribution in [1.29, 1.82) is 0 Å². The average Bonchev–Trinajstić information content (AvgIpc) is 2.41. The second kappa shape index (κ2) is 5.63. The molecule has 0 atom stereocenters. The topological polar surface area (TPSA) is 65.2 Å². The molecule has 0 heterocycles. The Bertz CT molecular complexity index is 504. The summed E-state index contributed by atoms with van der Waals surface area (Å²) in [6.07, 6.45) is 2.76. The highest BCUT2D eigenvalue weighted by molar-refractivity contribution is 5.82. The molecule has 0 aliphatic heterocycles. The molecule has 0 radical (unpaired) electrons. The number of rotatable bonds is 3. The second-order valence-corrected chi connectivity index (χ2v) is 3.73. The minimum Gasteiger partial charge on any atom is -0.411 e. The highest BCUT2D eigenvalue weighted by Crippen LogP contribution is 2.19. The van der Waals surface area contributed by atoms with Gasteiger partial charge in [0.15, 0.2) is 0 Å². The van der Waals surface area contributed by atoms with Gasteiger partial charge in [-0.1, -0.05) is 58.8 Å². The van der Waals surface area contributed by atoms with E-state index in [0.717, 1.165) is 22.3 Å². The van der Waals surface area contributed by atoms with Gasteiger partial charge in [-0.05, 0) is 22.3 Å². The van der Waals surface area contributed by atoms with E-state index in [1.807, 2.05) is 48.5 Å². The molecule has 18 heavy (non-hydrogen) atoms. The SMILES string of the molecule is O/N=C/c1ccc(-c2ccc(/C=N/O)cc2)cc1. The predicted molar refractivity (Wildman–Crippen MR) is 70.6 cm³/mol. The molecule has 2 aromatic carbocycles. The van der Waals surface area contributed by atoms with Crippen molar-refractivity contribution in [2.24, 2.45) is 10.3 Å². The van der Waals surface area contributed by atoms with Gasteiger partial charge in [0.25, 0.3) is 0 Å². The van der Waals surface area contributed by atoms with E-state index < -0.39 is 0 Å². The van der Waals surface area contributed by atoms with E-state index >= 15 is 0 Å². The number of nitrogens with zero attached hydrogens (tertiary/aromatic N) is 2. The van der Waals surface area contributed by atoms with Crippen LogP contribution in [0.4, 0.5) is 0 Å². The molecule has 2 rings (SSSR count). The van der Waals surface area contributed by atoms with Crippen LogP contribution in [0.2, 0.25) is 0 Å². The summed E-state index contributed by atoms with van der Waals surface area (Å²) < 4.78 is 0. The third-order valence-electron chi connectivity index (χ3n) is 2.57. The molecule has 0 aromatic heterocycles. The van der Waals surface area contributed by atoms with Crippen molar-refractivity contribution in [2.45, 2.75) is 0 Å². The summed E-state index contributed by atoms with van der Waals surface area (Å²) >= 11 is 0. The molecule has 0 amide bonds. The molecule has 4 heteroatoms. The zero-order chi connectivity index (χ0) is 12.8. The van der Waals surface area contributed by atoms with Gasteiger partial charge < -0.3 is 10.4 Å². The fraction of sp³-hybridized carbons (Fsp3) is 0. The lowest BCUT2D eigenvalue weighted by atomic mass is 10.0. The quantitative estimate of drug-likeness (QED) is 0.492. The first-order valence-corrected chi connectivity index (χ1v) is 5.39. The largest absolute Gasteiger partial charge is 0.411 e. The Balaban J connectivity index is 2.25. The first kappa shape index (κ1) is 11.9. The summed E-state index contributed by atoms with van der Waals surface area (Å²) in [5.74, 6) is 0. The van der Waals surface area contributed by atoms with E-state index in [2.05, 4.69) is 10.3 Å². The van der Waals surface area contributed by atoms with Crippen LogP contribution in [-0.4, -0.2) is 22.8 Å². The van der Waals surface area contributed by atoms with Crippen LogP contribution < -0.4 is 0 Å². The molecule has 0 bridgehead atoms. The molecule has 0 unspecified atom stereocenters. The molecule has 0 saturated heterocycles. The van der Waals surface area contributed by atoms with Crippen molar-refractivity contribution >= 4 is 12.4 Å². The van der Waals surface area contributed by atoms with Gasteiger partial charge in [0.1, 0.15) is 0 Å². The van der Waals surface area contributed by atoms with Crippen LogP contribution in [0.25, 0.3) is 11.1 Å². The van der Waals surface area contributed by atoms with Gasteiger partial charge >= 0.3 is 0 Å². The van der Waals surface area contributed by atoms with Crippen LogP contribution in [0, 0.1) is 0 Å². The fourth-order valence-corrected chi connectivity index (χ4v) is 1.66. The molecule has 0 saturated carbocycles. The smallest absolute Gasteiger partial charge is 0.0733 e. The molecule has 0 aliphatic rings. The maximum atomic E-state index is 8.42. The highest BCUT2D eigenvalue weighted by Gasteiger charge is 1.97. The summed E-state index contributed by atoms with van der Waals surface area (Å²) in [7, 11) is 0. The predicted octanol–water partition coefficient (Wildman–Crippen LogP) is 2.97. The lowest BCUT2D eigenvalue weighted by Crippen LogP contribution is -1.84. The van der Waals surface area contributed by atoms with Crippen molar-refractivity contribution in [3.05, 3.63) is 59.7 Å². The normalized spacial score (nSPS) is 11.3. The molecular weight excluding hydrogens is 228 g/mol. The van der Waals surface area contributed by atoms with Gasteiger partial charge in [-0.2, -0.15) is 0 Å². The Labute approximate surface area is 105 Å². The fourth-order valence-electron chi connectivity index (χ4n) is 1.66. The third-order valence-corrected chi connectivity index (χ3v) is 2.57. The maximum absolute atomic E-state index is 8.42. The van der Waals surface area contributed by atoms with Crippen molar-refractivity contribution in [2.75, 3.05) is 0 Å². The van der Waals surface area contributed by atoms with Crippen molar-refractivity contribution < 1.29 is 10.4 Å². The van der Waals surface area contributed by atoms with Crippen molar-refractivity contribution in [1.82, 2.24) is 0 Å². The monoisotopic (exact) mass is 240 g/mol. The molecule has 0 spiro atoms. The maximum Gasteiger partial charge on any atom is 0.0733 e. The van der Waals surface area contributed by atoms with E-state index in [1.54, 1.807) is 0 Å². The third kappa shape index (κ3) is 2.74. The van der Waals surface area contributed by atoms with Gasteiger partial charge in [0.2, 0.25) is 0 Å². The average molecular weight is 240 g/mol. The zero-order valence-corrected chi connectivity index (χ0v) is 9.56. The van der Waals surface area contributed by atoms with Gasteiger partial charge in [0.05, 0.1) is 12.4 Å². The number of hydrogen-bond donors (Lipinski definition) is 2. The molecule has 4 nitrogen and oxygen atoms in total. The van der Waals surface area contributed by atoms with Crippen LogP contribution in [0.3, 0.4) is 0 Å². The number of hydrogen-bond acceptors (Lipinski definition) is 4. The number of oxime groups is 2. The van der Waals surface area contributed by atoms with Crippen LogP contribution in [-0.2, 0) is 0 Å². The lowest BCUT2D eigenvalue weighted by Gasteiger charge is -2.02. The summed E-state index contributed by atoms with van der Waals surface area (Å²) in [5, 5.41) is 22.8. The summed E-state index contributed by atoms with van der Waals surface area (Å²) in [5.41, 5.74) is 3.81. The Kier molecular flexibility index (Phi) is 3.71. The Morgan fingerprint density at radius 1 is 0.611 bits per heavy atom. The first-order chi connectivity index (χ1) is 8.83.